The zero-order valence-electron chi connectivity index (χ0n) is 16.5. The van der Waals surface area contributed by atoms with Crippen LogP contribution < -0.4 is 15.0 Å². The molecule has 2 heterocycles. The van der Waals surface area contributed by atoms with E-state index in [0.717, 1.165) is 36.6 Å². The van der Waals surface area contributed by atoms with Crippen molar-refractivity contribution in [1.82, 2.24) is 20.2 Å². The Morgan fingerprint density at radius 1 is 1.36 bits per heavy atom. The van der Waals surface area contributed by atoms with Crippen molar-refractivity contribution < 1.29 is 14.3 Å². The van der Waals surface area contributed by atoms with Crippen molar-refractivity contribution in [2.45, 2.75) is 19.8 Å². The molecule has 0 radical (unpaired) electrons. The first kappa shape index (κ1) is 24.7. The van der Waals surface area contributed by atoms with E-state index in [1.54, 1.807) is 20.4 Å². The van der Waals surface area contributed by atoms with Gasteiger partial charge in [0.15, 0.2) is 5.96 Å². The number of methoxy groups -OCH3 is 1. The van der Waals surface area contributed by atoms with Gasteiger partial charge in [0.2, 0.25) is 11.8 Å². The van der Waals surface area contributed by atoms with Gasteiger partial charge in [0.25, 0.3) is 0 Å². The van der Waals surface area contributed by atoms with Crippen LogP contribution in [0.2, 0.25) is 0 Å². The number of aliphatic imine (C=N–C) groups is 1. The Morgan fingerprint density at radius 2 is 2.07 bits per heavy atom. The van der Waals surface area contributed by atoms with Gasteiger partial charge in [-0.3, -0.25) is 9.79 Å². The molecule has 0 bridgehead atoms. The number of halogens is 2. The average Bonchev–Trinajstić information content (AvgIpc) is 2.69. The van der Waals surface area contributed by atoms with Crippen LogP contribution in [-0.2, 0) is 9.53 Å². The van der Waals surface area contributed by atoms with E-state index in [1.807, 2.05) is 6.92 Å². The fourth-order valence-corrected chi connectivity index (χ4v) is 3.11. The summed E-state index contributed by atoms with van der Waals surface area (Å²) in [4.78, 5) is 28.8. The van der Waals surface area contributed by atoms with Gasteiger partial charge in [-0.2, -0.15) is 4.98 Å². The number of ether oxygens (including phenoxy) is 2. The number of piperazine rings is 1. The highest BCUT2D eigenvalue weighted by Gasteiger charge is 2.22. The summed E-state index contributed by atoms with van der Waals surface area (Å²) in [6.07, 6.45) is 2.83. The number of esters is 1. The largest absolute Gasteiger partial charge is 0.480 e. The molecule has 1 saturated heterocycles. The number of nitrogens with zero attached hydrogens (tertiary/aromatic N) is 5. The Bertz CT molecular complexity index is 656. The maximum atomic E-state index is 11.4. The minimum Gasteiger partial charge on any atom is -0.480 e. The summed E-state index contributed by atoms with van der Waals surface area (Å²) in [5, 5.41) is 3.31. The van der Waals surface area contributed by atoms with Crippen molar-refractivity contribution in [1.29, 1.82) is 0 Å². The van der Waals surface area contributed by atoms with E-state index in [2.05, 4.69) is 46.0 Å². The van der Waals surface area contributed by atoms with Crippen LogP contribution >= 0.6 is 39.9 Å². The van der Waals surface area contributed by atoms with Crippen molar-refractivity contribution >= 4 is 57.8 Å². The average molecular weight is 571 g/mol. The lowest BCUT2D eigenvalue weighted by Crippen LogP contribution is -2.53. The van der Waals surface area contributed by atoms with Crippen LogP contribution in [0, 0.1) is 0 Å². The van der Waals surface area contributed by atoms with Gasteiger partial charge in [-0.15, -0.1) is 24.0 Å². The quantitative estimate of drug-likeness (QED) is 0.175. The lowest BCUT2D eigenvalue weighted by molar-refractivity contribution is -0.143. The Hall–Kier alpha value is -1.37. The number of rotatable bonds is 7. The van der Waals surface area contributed by atoms with E-state index >= 15 is 0 Å². The van der Waals surface area contributed by atoms with Crippen LogP contribution in [0.1, 0.15) is 19.8 Å². The highest BCUT2D eigenvalue weighted by Crippen LogP contribution is 2.23. The number of carbonyl (C=O) groups is 1. The van der Waals surface area contributed by atoms with Crippen molar-refractivity contribution in [3.63, 3.8) is 0 Å². The highest BCUT2D eigenvalue weighted by atomic mass is 127. The zero-order valence-corrected chi connectivity index (χ0v) is 20.4. The normalized spacial score (nSPS) is 14.4. The second-order valence-corrected chi connectivity index (χ2v) is 6.74. The number of carbonyl (C=O) groups excluding carboxylic acids is 1. The van der Waals surface area contributed by atoms with Gasteiger partial charge < -0.3 is 24.6 Å². The molecule has 2 rings (SSSR count). The van der Waals surface area contributed by atoms with Crippen molar-refractivity contribution in [3.8, 4) is 5.88 Å². The third-order valence-electron chi connectivity index (χ3n) is 4.11. The van der Waals surface area contributed by atoms with Gasteiger partial charge in [0.05, 0.1) is 24.4 Å². The van der Waals surface area contributed by atoms with Gasteiger partial charge in [-0.05, 0) is 29.3 Å². The monoisotopic (exact) mass is 570 g/mol. The number of hydrogen-bond donors (Lipinski definition) is 1. The molecule has 1 aromatic heterocycles. The first-order valence-electron chi connectivity index (χ1n) is 9.01. The number of anilines is 1. The summed E-state index contributed by atoms with van der Waals surface area (Å²) >= 11 is 3.37. The van der Waals surface area contributed by atoms with Gasteiger partial charge in [-0.1, -0.05) is 0 Å². The first-order chi connectivity index (χ1) is 13.1. The number of aromatic nitrogens is 2. The van der Waals surface area contributed by atoms with Crippen LogP contribution in [0.5, 0.6) is 5.88 Å². The van der Waals surface area contributed by atoms with E-state index in [-0.39, 0.29) is 29.9 Å². The van der Waals surface area contributed by atoms with E-state index in [1.165, 1.54) is 0 Å². The molecule has 1 aromatic rings. The lowest BCUT2D eigenvalue weighted by atomic mass is 10.3. The third-order valence-corrected chi connectivity index (χ3v) is 4.66. The predicted molar refractivity (Wildman–Crippen MR) is 123 cm³/mol. The van der Waals surface area contributed by atoms with Crippen molar-refractivity contribution in [2.24, 2.45) is 4.99 Å². The molecule has 9 nitrogen and oxygen atoms in total. The predicted octanol–water partition coefficient (Wildman–Crippen LogP) is 1.91. The molecule has 0 aliphatic carbocycles. The van der Waals surface area contributed by atoms with Gasteiger partial charge >= 0.3 is 5.97 Å². The molecule has 0 aromatic carbocycles. The molecule has 0 spiro atoms. The molecule has 1 N–H and O–H groups in total. The molecule has 11 heteroatoms. The van der Waals surface area contributed by atoms with Crippen molar-refractivity contribution in [3.05, 3.63) is 10.7 Å². The Labute approximate surface area is 191 Å². The first-order valence-corrected chi connectivity index (χ1v) is 9.81. The molecule has 0 atom stereocenters. The minimum absolute atomic E-state index is 0. The maximum Gasteiger partial charge on any atom is 0.305 e. The smallest absolute Gasteiger partial charge is 0.305 e. The zero-order chi connectivity index (χ0) is 19.6. The molecular formula is C17H28BrIN6O3. The second kappa shape index (κ2) is 13.0. The van der Waals surface area contributed by atoms with Gasteiger partial charge in [-0.25, -0.2) is 4.98 Å². The summed E-state index contributed by atoms with van der Waals surface area (Å²) in [5.41, 5.74) is 0. The Morgan fingerprint density at radius 3 is 2.68 bits per heavy atom. The van der Waals surface area contributed by atoms with Crippen LogP contribution in [0.3, 0.4) is 0 Å². The standard InChI is InChI=1S/C17H27BrN6O3.HI/c1-4-27-14(25)6-5-7-20-16(19-2)23-8-10-24(11-9-23)17-21-12-13(18)15(22-17)26-3;/h12H,4-11H2,1-3H3,(H,19,20);1H. The fraction of sp³-hybridized carbons (Fsp3) is 0.647. The molecule has 1 aliphatic rings. The highest BCUT2D eigenvalue weighted by molar-refractivity contribution is 14.0. The van der Waals surface area contributed by atoms with E-state index in [9.17, 15) is 4.79 Å². The molecule has 28 heavy (non-hydrogen) atoms. The number of nitrogens with one attached hydrogen (secondary N) is 1. The molecule has 158 valence electrons. The topological polar surface area (TPSA) is 92.2 Å². The van der Waals surface area contributed by atoms with Crippen LogP contribution in [0.4, 0.5) is 5.95 Å². The SMILES string of the molecule is CCOC(=O)CCCNC(=NC)N1CCN(c2ncc(Br)c(OC)n2)CC1.I. The van der Waals surface area contributed by atoms with Crippen molar-refractivity contribution in [2.75, 3.05) is 58.4 Å². The number of guanidine groups is 1. The maximum absolute atomic E-state index is 11.4. The Kier molecular flexibility index (Phi) is 11.4. The summed E-state index contributed by atoms with van der Waals surface area (Å²) in [7, 11) is 3.36. The molecule has 0 unspecified atom stereocenters. The summed E-state index contributed by atoms with van der Waals surface area (Å²) in [5.74, 6) is 1.87. The summed E-state index contributed by atoms with van der Waals surface area (Å²) < 4.78 is 10.9. The van der Waals surface area contributed by atoms with E-state index in [0.29, 0.717) is 37.8 Å². The van der Waals surface area contributed by atoms with Crippen LogP contribution in [0.25, 0.3) is 0 Å². The third kappa shape index (κ3) is 7.22. The molecule has 0 saturated carbocycles. The fourth-order valence-electron chi connectivity index (χ4n) is 2.75. The molecule has 1 aliphatic heterocycles. The van der Waals surface area contributed by atoms with Gasteiger partial charge in [0, 0.05) is 46.2 Å². The van der Waals surface area contributed by atoms with Gasteiger partial charge in [0.1, 0.15) is 0 Å². The van der Waals surface area contributed by atoms with Crippen LogP contribution in [-0.4, -0.2) is 80.3 Å². The Balaban J connectivity index is 0.00000392. The van der Waals surface area contributed by atoms with E-state index < -0.39 is 0 Å². The summed E-state index contributed by atoms with van der Waals surface area (Å²) in [6.45, 7) is 6.10. The molecule has 0 amide bonds. The second-order valence-electron chi connectivity index (χ2n) is 5.88. The van der Waals surface area contributed by atoms with E-state index in [4.69, 9.17) is 9.47 Å². The lowest BCUT2D eigenvalue weighted by Gasteiger charge is -2.36. The van der Waals surface area contributed by atoms with Crippen LogP contribution in [0.15, 0.2) is 15.7 Å². The molecular weight excluding hydrogens is 543 g/mol. The molecule has 1 fully saturated rings. The number of hydrogen-bond acceptors (Lipinski definition) is 7. The summed E-state index contributed by atoms with van der Waals surface area (Å²) in [6, 6.07) is 0. The minimum atomic E-state index is -0.159.